The van der Waals surface area contributed by atoms with E-state index in [1.807, 2.05) is 0 Å². The topological polar surface area (TPSA) is 87.1 Å². The second-order valence-corrected chi connectivity index (χ2v) is 8.70. The zero-order valence-electron chi connectivity index (χ0n) is 16.3. The Morgan fingerprint density at radius 3 is 2.22 bits per heavy atom. The maximum atomic E-state index is 11.9. The van der Waals surface area contributed by atoms with E-state index in [0.29, 0.717) is 17.7 Å². The van der Waals surface area contributed by atoms with Crippen LogP contribution in [0.3, 0.4) is 0 Å². The molecule has 0 amide bonds. The summed E-state index contributed by atoms with van der Waals surface area (Å²) >= 11 is 0. The van der Waals surface area contributed by atoms with Gasteiger partial charge in [0.1, 0.15) is 18.0 Å². The Hall–Kier alpha value is -2.64. The molecule has 0 spiro atoms. The van der Waals surface area contributed by atoms with Crippen molar-refractivity contribution in [2.24, 2.45) is 18.9 Å². The number of anilines is 2. The monoisotopic (exact) mass is 370 g/mol. The number of hydrogen-bond donors (Lipinski definition) is 1. The molecule has 2 unspecified atom stereocenters. The minimum atomic E-state index is -0.369. The molecule has 4 heterocycles. The quantitative estimate of drug-likeness (QED) is 0.839. The van der Waals surface area contributed by atoms with Crippen molar-refractivity contribution in [3.63, 3.8) is 0 Å². The molecule has 1 N–H and O–H groups in total. The SMILES string of the molecule is Cn1c(=O)cc(N2CC3CN(c4cc(C(C)(C)C)ncn4)CC3C2)[nH]c1=O. The fourth-order valence-electron chi connectivity index (χ4n) is 4.02. The number of nitrogens with zero attached hydrogens (tertiary/aromatic N) is 5. The first kappa shape index (κ1) is 17.8. The number of nitrogens with one attached hydrogen (secondary N) is 1. The lowest BCUT2D eigenvalue weighted by atomic mass is 9.92. The molecule has 0 bridgehead atoms. The van der Waals surface area contributed by atoms with Crippen LogP contribution in [0.25, 0.3) is 0 Å². The van der Waals surface area contributed by atoms with Gasteiger partial charge in [0.2, 0.25) is 0 Å². The summed E-state index contributed by atoms with van der Waals surface area (Å²) in [6, 6.07) is 3.61. The van der Waals surface area contributed by atoms with Crippen molar-refractivity contribution in [1.82, 2.24) is 19.5 Å². The Morgan fingerprint density at radius 1 is 1.00 bits per heavy atom. The molecule has 2 aromatic rings. The third-order valence-corrected chi connectivity index (χ3v) is 5.70. The van der Waals surface area contributed by atoms with Crippen molar-refractivity contribution in [3.8, 4) is 0 Å². The van der Waals surface area contributed by atoms with Gasteiger partial charge in [0, 0.05) is 62.6 Å². The molecule has 0 aromatic carbocycles. The molecule has 0 saturated carbocycles. The number of hydrogen-bond acceptors (Lipinski definition) is 6. The van der Waals surface area contributed by atoms with Gasteiger partial charge >= 0.3 is 5.69 Å². The number of fused-ring (bicyclic) bond motifs is 1. The number of rotatable bonds is 2. The van der Waals surface area contributed by atoms with Gasteiger partial charge in [-0.2, -0.15) is 0 Å². The van der Waals surface area contributed by atoms with E-state index in [2.05, 4.69) is 51.6 Å². The van der Waals surface area contributed by atoms with Crippen LogP contribution in [0.2, 0.25) is 0 Å². The smallest absolute Gasteiger partial charge is 0.329 e. The fourth-order valence-corrected chi connectivity index (χ4v) is 4.02. The number of aromatic nitrogens is 4. The van der Waals surface area contributed by atoms with Crippen LogP contribution in [0.1, 0.15) is 26.5 Å². The predicted octanol–water partition coefficient (Wildman–Crippen LogP) is 0.734. The van der Waals surface area contributed by atoms with Gasteiger partial charge in [0.15, 0.2) is 0 Å². The summed E-state index contributed by atoms with van der Waals surface area (Å²) in [7, 11) is 1.48. The Labute approximate surface area is 157 Å². The molecule has 2 aliphatic rings. The highest BCUT2D eigenvalue weighted by Crippen LogP contribution is 2.35. The molecule has 2 atom stereocenters. The van der Waals surface area contributed by atoms with Crippen molar-refractivity contribution < 1.29 is 0 Å². The van der Waals surface area contributed by atoms with Crippen molar-refractivity contribution in [2.45, 2.75) is 26.2 Å². The van der Waals surface area contributed by atoms with Crippen molar-refractivity contribution in [1.29, 1.82) is 0 Å². The van der Waals surface area contributed by atoms with E-state index in [1.165, 1.54) is 13.1 Å². The molecule has 8 nitrogen and oxygen atoms in total. The summed E-state index contributed by atoms with van der Waals surface area (Å²) < 4.78 is 1.09. The van der Waals surface area contributed by atoms with E-state index in [9.17, 15) is 9.59 Å². The van der Waals surface area contributed by atoms with Crippen LogP contribution < -0.4 is 21.0 Å². The molecule has 27 heavy (non-hydrogen) atoms. The van der Waals surface area contributed by atoms with Crippen LogP contribution >= 0.6 is 0 Å². The Kier molecular flexibility index (Phi) is 4.09. The summed E-state index contributed by atoms with van der Waals surface area (Å²) in [6.45, 7) is 9.98. The van der Waals surface area contributed by atoms with Gasteiger partial charge in [0.05, 0.1) is 5.69 Å². The van der Waals surface area contributed by atoms with Gasteiger partial charge in [0.25, 0.3) is 5.56 Å². The zero-order valence-corrected chi connectivity index (χ0v) is 16.3. The first-order valence-electron chi connectivity index (χ1n) is 9.35. The zero-order chi connectivity index (χ0) is 19.3. The molecule has 4 rings (SSSR count). The molecule has 2 aliphatic heterocycles. The Balaban J connectivity index is 1.49. The van der Waals surface area contributed by atoms with E-state index in [4.69, 9.17) is 0 Å². The molecule has 2 saturated heterocycles. The van der Waals surface area contributed by atoms with E-state index in [-0.39, 0.29) is 16.7 Å². The van der Waals surface area contributed by atoms with Crippen molar-refractivity contribution in [3.05, 3.63) is 45.0 Å². The normalized spacial score (nSPS) is 22.4. The largest absolute Gasteiger partial charge is 0.357 e. The first-order valence-corrected chi connectivity index (χ1v) is 9.35. The fraction of sp³-hybridized carbons (Fsp3) is 0.579. The van der Waals surface area contributed by atoms with E-state index >= 15 is 0 Å². The lowest BCUT2D eigenvalue weighted by Gasteiger charge is -2.24. The van der Waals surface area contributed by atoms with Crippen LogP contribution in [-0.2, 0) is 12.5 Å². The molecule has 8 heteroatoms. The lowest BCUT2D eigenvalue weighted by molar-refractivity contribution is 0.533. The van der Waals surface area contributed by atoms with E-state index in [0.717, 1.165) is 42.3 Å². The average Bonchev–Trinajstić information content (AvgIpc) is 3.17. The van der Waals surface area contributed by atoms with Gasteiger partial charge < -0.3 is 9.80 Å². The highest BCUT2D eigenvalue weighted by atomic mass is 16.2. The minimum Gasteiger partial charge on any atom is -0.357 e. The van der Waals surface area contributed by atoms with Gasteiger partial charge in [-0.05, 0) is 0 Å². The van der Waals surface area contributed by atoms with Gasteiger partial charge in [-0.1, -0.05) is 20.8 Å². The molecule has 144 valence electrons. The predicted molar refractivity (Wildman–Crippen MR) is 104 cm³/mol. The molecular formula is C19H26N6O2. The average molecular weight is 370 g/mol. The maximum absolute atomic E-state index is 11.9. The summed E-state index contributed by atoms with van der Waals surface area (Å²) in [4.78, 5) is 39.9. The van der Waals surface area contributed by atoms with Crippen molar-refractivity contribution in [2.75, 3.05) is 36.0 Å². The van der Waals surface area contributed by atoms with Gasteiger partial charge in [-0.3, -0.25) is 14.3 Å². The minimum absolute atomic E-state index is 0.00452. The molecular weight excluding hydrogens is 344 g/mol. The summed E-state index contributed by atoms with van der Waals surface area (Å²) in [5, 5.41) is 0. The van der Waals surface area contributed by atoms with Crippen molar-refractivity contribution >= 4 is 11.6 Å². The standard InChI is InChI=1S/C19H26N6O2/c1-19(2,3)14-5-15(21-11-20-14)24-7-12-9-25(10-13(12)8-24)16-6-17(26)23(4)18(27)22-16/h5-6,11-13H,7-10H2,1-4H3,(H,22,27). The molecule has 0 aliphatic carbocycles. The second kappa shape index (κ2) is 6.21. The van der Waals surface area contributed by atoms with Crippen LogP contribution in [-0.4, -0.2) is 45.7 Å². The first-order chi connectivity index (χ1) is 12.7. The molecule has 2 aromatic heterocycles. The van der Waals surface area contributed by atoms with Crippen LogP contribution in [0.4, 0.5) is 11.6 Å². The Morgan fingerprint density at radius 2 is 1.63 bits per heavy atom. The maximum Gasteiger partial charge on any atom is 0.329 e. The highest BCUT2D eigenvalue weighted by Gasteiger charge is 2.41. The van der Waals surface area contributed by atoms with Crippen LogP contribution in [0.5, 0.6) is 0 Å². The second-order valence-electron chi connectivity index (χ2n) is 8.70. The lowest BCUT2D eigenvalue weighted by Crippen LogP contribution is -2.36. The van der Waals surface area contributed by atoms with E-state index in [1.54, 1.807) is 6.33 Å². The summed E-state index contributed by atoms with van der Waals surface area (Å²) in [5.41, 5.74) is 0.397. The van der Waals surface area contributed by atoms with Crippen LogP contribution in [0.15, 0.2) is 28.0 Å². The molecule has 0 radical (unpaired) electrons. The number of H-pyrrole nitrogens is 1. The third kappa shape index (κ3) is 3.24. The Bertz CT molecular complexity index is 928. The highest BCUT2D eigenvalue weighted by molar-refractivity contribution is 5.45. The van der Waals surface area contributed by atoms with E-state index < -0.39 is 0 Å². The molecule has 2 fully saturated rings. The van der Waals surface area contributed by atoms with Gasteiger partial charge in [-0.25, -0.2) is 14.8 Å². The number of aromatic amines is 1. The van der Waals surface area contributed by atoms with Gasteiger partial charge in [-0.15, -0.1) is 0 Å². The third-order valence-electron chi connectivity index (χ3n) is 5.70. The summed E-state index contributed by atoms with van der Waals surface area (Å²) in [6.07, 6.45) is 1.65. The van der Waals surface area contributed by atoms with Crippen LogP contribution in [0, 0.1) is 11.8 Å². The summed E-state index contributed by atoms with van der Waals surface area (Å²) in [5.74, 6) is 2.59.